The predicted octanol–water partition coefficient (Wildman–Crippen LogP) is -0.110. The minimum atomic E-state index is -1.13. The van der Waals surface area contributed by atoms with Gasteiger partial charge in [-0.25, -0.2) is 0 Å². The van der Waals surface area contributed by atoms with Crippen molar-refractivity contribution in [1.82, 2.24) is 0 Å². The van der Waals surface area contributed by atoms with E-state index in [9.17, 15) is 9.90 Å². The first-order valence-electron chi connectivity index (χ1n) is 4.09. The summed E-state index contributed by atoms with van der Waals surface area (Å²) in [6.07, 6.45) is 2.65. The van der Waals surface area contributed by atoms with Gasteiger partial charge in [0.15, 0.2) is 0 Å². The predicted molar refractivity (Wildman–Crippen MR) is 41.7 cm³/mol. The molecule has 0 bridgehead atoms. The molecule has 0 fully saturated rings. The van der Waals surface area contributed by atoms with Crippen molar-refractivity contribution < 1.29 is 9.90 Å². The van der Waals surface area contributed by atoms with Gasteiger partial charge in [-0.1, -0.05) is 26.7 Å². The highest BCUT2D eigenvalue weighted by Crippen LogP contribution is 2.13. The third-order valence-corrected chi connectivity index (χ3v) is 1.96. The number of carboxylic acids is 1. The molecule has 0 heterocycles. The fourth-order valence-electron chi connectivity index (χ4n) is 1.20. The molecule has 0 aliphatic carbocycles. The van der Waals surface area contributed by atoms with E-state index in [4.69, 9.17) is 5.73 Å². The number of hydrogen-bond donors (Lipinski definition) is 1. The summed E-state index contributed by atoms with van der Waals surface area (Å²) in [5, 5.41) is 10.3. The lowest BCUT2D eigenvalue weighted by Crippen LogP contribution is -2.46. The highest BCUT2D eigenvalue weighted by molar-refractivity contribution is 5.71. The molecule has 0 aromatic carbocycles. The second-order valence-electron chi connectivity index (χ2n) is 2.80. The normalized spacial score (nSPS) is 15.9. The summed E-state index contributed by atoms with van der Waals surface area (Å²) in [4.78, 5) is 10.3. The Morgan fingerprint density at radius 1 is 1.55 bits per heavy atom. The van der Waals surface area contributed by atoms with E-state index in [0.717, 1.165) is 19.3 Å². The Morgan fingerprint density at radius 3 is 2.36 bits per heavy atom. The molecule has 3 heteroatoms. The number of carboxylic acid groups (broad SMARTS) is 1. The number of aliphatic carboxylic acids is 1. The highest BCUT2D eigenvalue weighted by Gasteiger charge is 2.15. The molecule has 0 amide bonds. The molecule has 1 unspecified atom stereocenters. The fourth-order valence-corrected chi connectivity index (χ4v) is 1.20. The van der Waals surface area contributed by atoms with E-state index < -0.39 is 12.0 Å². The van der Waals surface area contributed by atoms with E-state index in [-0.39, 0.29) is 5.92 Å². The Labute approximate surface area is 67.6 Å². The second-order valence-corrected chi connectivity index (χ2v) is 2.80. The van der Waals surface area contributed by atoms with Crippen molar-refractivity contribution in [3.8, 4) is 0 Å². The minimum Gasteiger partial charge on any atom is -0.548 e. The molecule has 0 aromatic heterocycles. The minimum absolute atomic E-state index is 0.0741. The van der Waals surface area contributed by atoms with Crippen molar-refractivity contribution in [2.24, 2.45) is 11.7 Å². The van der Waals surface area contributed by atoms with Crippen LogP contribution < -0.4 is 10.8 Å². The number of carbonyl (C=O) groups excluding carboxylic acids is 1. The summed E-state index contributed by atoms with van der Waals surface area (Å²) < 4.78 is 0. The number of nitrogens with two attached hydrogens (primary N) is 1. The molecule has 0 aliphatic rings. The fraction of sp³-hybridized carbons (Fsp3) is 0.875. The molecule has 0 rings (SSSR count). The molecule has 0 spiro atoms. The first kappa shape index (κ1) is 10.4. The molecule has 2 N–H and O–H groups in total. The van der Waals surface area contributed by atoms with E-state index in [1.807, 2.05) is 13.8 Å². The van der Waals surface area contributed by atoms with Crippen LogP contribution in [0.5, 0.6) is 0 Å². The van der Waals surface area contributed by atoms with Crippen LogP contribution in [0.15, 0.2) is 0 Å². The zero-order valence-corrected chi connectivity index (χ0v) is 7.17. The zero-order valence-electron chi connectivity index (χ0n) is 7.17. The van der Waals surface area contributed by atoms with Crippen LogP contribution in [0.2, 0.25) is 0 Å². The van der Waals surface area contributed by atoms with E-state index in [2.05, 4.69) is 0 Å². The number of rotatable bonds is 5. The van der Waals surface area contributed by atoms with Crippen LogP contribution in [0, 0.1) is 5.92 Å². The van der Waals surface area contributed by atoms with Gasteiger partial charge in [0.1, 0.15) is 0 Å². The van der Waals surface area contributed by atoms with Gasteiger partial charge >= 0.3 is 0 Å². The first-order valence-corrected chi connectivity index (χ1v) is 4.09. The first-order chi connectivity index (χ1) is 5.13. The van der Waals surface area contributed by atoms with Crippen molar-refractivity contribution in [3.05, 3.63) is 0 Å². The van der Waals surface area contributed by atoms with Gasteiger partial charge in [0.2, 0.25) is 0 Å². The summed E-state index contributed by atoms with van der Waals surface area (Å²) in [5.41, 5.74) is 5.40. The van der Waals surface area contributed by atoms with Crippen molar-refractivity contribution in [3.63, 3.8) is 0 Å². The van der Waals surface area contributed by atoms with Crippen LogP contribution in [0.3, 0.4) is 0 Å². The third kappa shape index (κ3) is 3.37. The van der Waals surface area contributed by atoms with Crippen LogP contribution in [-0.2, 0) is 4.79 Å². The lowest BCUT2D eigenvalue weighted by Gasteiger charge is -2.22. The van der Waals surface area contributed by atoms with Crippen LogP contribution in [0.4, 0.5) is 0 Å². The molecular formula is C8H16NO2-. The zero-order chi connectivity index (χ0) is 8.85. The van der Waals surface area contributed by atoms with Crippen molar-refractivity contribution in [2.75, 3.05) is 0 Å². The molecule has 0 aromatic rings. The van der Waals surface area contributed by atoms with Gasteiger partial charge in [-0.3, -0.25) is 0 Å². The Kier molecular flexibility index (Phi) is 4.86. The Bertz CT molecular complexity index is 125. The van der Waals surface area contributed by atoms with Crippen LogP contribution in [0.1, 0.15) is 33.1 Å². The van der Waals surface area contributed by atoms with Gasteiger partial charge < -0.3 is 15.6 Å². The Balaban J connectivity index is 3.91. The summed E-state index contributed by atoms with van der Waals surface area (Å²) in [6, 6.07) is -0.792. The van der Waals surface area contributed by atoms with Crippen molar-refractivity contribution >= 4 is 5.97 Å². The molecular weight excluding hydrogens is 142 g/mol. The van der Waals surface area contributed by atoms with Gasteiger partial charge in [-0.15, -0.1) is 0 Å². The quantitative estimate of drug-likeness (QED) is 0.607. The van der Waals surface area contributed by atoms with Crippen LogP contribution >= 0.6 is 0 Å². The van der Waals surface area contributed by atoms with Crippen molar-refractivity contribution in [2.45, 2.75) is 39.2 Å². The maximum absolute atomic E-state index is 10.3. The largest absolute Gasteiger partial charge is 0.548 e. The molecule has 2 atom stereocenters. The van der Waals surface area contributed by atoms with E-state index >= 15 is 0 Å². The molecule has 0 saturated carbocycles. The summed E-state index contributed by atoms with van der Waals surface area (Å²) in [7, 11) is 0. The molecule has 11 heavy (non-hydrogen) atoms. The van der Waals surface area contributed by atoms with Gasteiger partial charge in [0.25, 0.3) is 0 Å². The molecule has 0 saturated heterocycles. The average Bonchev–Trinajstić information content (AvgIpc) is 1.98. The maximum Gasteiger partial charge on any atom is 0.0585 e. The van der Waals surface area contributed by atoms with E-state index in [1.165, 1.54) is 0 Å². The third-order valence-electron chi connectivity index (χ3n) is 1.96. The molecule has 0 aliphatic heterocycles. The molecule has 66 valence electrons. The smallest absolute Gasteiger partial charge is 0.0585 e. The topological polar surface area (TPSA) is 66.2 Å². The van der Waals surface area contributed by atoms with Crippen molar-refractivity contribution in [1.29, 1.82) is 0 Å². The van der Waals surface area contributed by atoms with Crippen LogP contribution in [-0.4, -0.2) is 12.0 Å². The summed E-state index contributed by atoms with van der Waals surface area (Å²) >= 11 is 0. The summed E-state index contributed by atoms with van der Waals surface area (Å²) in [5.74, 6) is -1.06. The maximum atomic E-state index is 10.3. The van der Waals surface area contributed by atoms with Crippen LogP contribution in [0.25, 0.3) is 0 Å². The average molecular weight is 158 g/mol. The highest BCUT2D eigenvalue weighted by atomic mass is 16.4. The van der Waals surface area contributed by atoms with Gasteiger partial charge in [-0.05, 0) is 12.3 Å². The van der Waals surface area contributed by atoms with E-state index in [0.29, 0.717) is 0 Å². The van der Waals surface area contributed by atoms with E-state index in [1.54, 1.807) is 0 Å². The van der Waals surface area contributed by atoms with Gasteiger partial charge in [0, 0.05) is 6.04 Å². The lowest BCUT2D eigenvalue weighted by molar-refractivity contribution is -0.308. The number of hydrogen-bond acceptors (Lipinski definition) is 3. The number of carbonyl (C=O) groups is 1. The Hall–Kier alpha value is -0.570. The van der Waals surface area contributed by atoms with Gasteiger partial charge in [0.05, 0.1) is 5.97 Å². The molecule has 3 nitrogen and oxygen atoms in total. The second kappa shape index (κ2) is 5.13. The summed E-state index contributed by atoms with van der Waals surface area (Å²) in [6.45, 7) is 3.97. The SMILES string of the molecule is CCCC(CC)[C@H](N)C(=O)[O-]. The standard InChI is InChI=1S/C8H17NO2/c1-3-5-6(4-2)7(9)8(10)11/h6-7H,3-5,9H2,1-2H3,(H,10,11)/p-1/t6?,7-/m0/s1. The monoisotopic (exact) mass is 158 g/mol. The Morgan fingerprint density at radius 2 is 2.09 bits per heavy atom. The molecule has 0 radical (unpaired) electrons. The van der Waals surface area contributed by atoms with Gasteiger partial charge in [-0.2, -0.15) is 0 Å². The lowest BCUT2D eigenvalue weighted by atomic mass is 9.93.